The number of fused-ring (bicyclic) bond motifs is 1. The van der Waals surface area contributed by atoms with Crippen LogP contribution in [0.2, 0.25) is 0 Å². The summed E-state index contributed by atoms with van der Waals surface area (Å²) < 4.78 is 1.62. The van der Waals surface area contributed by atoms with Gasteiger partial charge in [-0.2, -0.15) is 9.47 Å². The van der Waals surface area contributed by atoms with E-state index in [0.29, 0.717) is 12.2 Å². The Hall–Kier alpha value is -2.20. The number of aliphatic hydroxyl groups excluding tert-OH is 1. The zero-order valence-electron chi connectivity index (χ0n) is 11.3. The molecule has 0 spiro atoms. The smallest absolute Gasteiger partial charge is 0.324 e. The second-order valence-electron chi connectivity index (χ2n) is 4.90. The number of aliphatic hydroxyl groups is 1. The van der Waals surface area contributed by atoms with E-state index in [4.69, 9.17) is 0 Å². The van der Waals surface area contributed by atoms with Crippen molar-refractivity contribution in [3.05, 3.63) is 54.7 Å². The van der Waals surface area contributed by atoms with Crippen molar-refractivity contribution >= 4 is 17.4 Å². The summed E-state index contributed by atoms with van der Waals surface area (Å²) in [4.78, 5) is 14.2. The lowest BCUT2D eigenvalue weighted by atomic mass is 9.99. The number of nitrogens with zero attached hydrogens (tertiary/aromatic N) is 2. The highest BCUT2D eigenvalue weighted by Gasteiger charge is 2.45. The standard InChI is InChI=1S/C16H17N2O2/c1-2-13-15(19)17-11-7-6-10-14(17)18(16(13)20)12-8-4-3-5-9-12/h3-11,13,16,20H,2H2,1H3/q+1. The summed E-state index contributed by atoms with van der Waals surface area (Å²) in [5.41, 5.74) is 0.880. The van der Waals surface area contributed by atoms with Crippen LogP contribution in [0.4, 0.5) is 11.5 Å². The number of hydrogen-bond acceptors (Lipinski definition) is 3. The summed E-state index contributed by atoms with van der Waals surface area (Å²) >= 11 is 0. The van der Waals surface area contributed by atoms with E-state index < -0.39 is 12.1 Å². The molecule has 102 valence electrons. The molecule has 4 nitrogen and oxygen atoms in total. The zero-order chi connectivity index (χ0) is 14.1. The minimum absolute atomic E-state index is 0.0530. The monoisotopic (exact) mass is 269 g/mol. The lowest BCUT2D eigenvalue weighted by Crippen LogP contribution is -2.61. The van der Waals surface area contributed by atoms with E-state index in [2.05, 4.69) is 0 Å². The van der Waals surface area contributed by atoms with Crippen molar-refractivity contribution in [3.63, 3.8) is 0 Å². The van der Waals surface area contributed by atoms with Crippen LogP contribution in [0, 0.1) is 5.92 Å². The van der Waals surface area contributed by atoms with E-state index in [-0.39, 0.29) is 5.91 Å². The minimum atomic E-state index is -0.836. The quantitative estimate of drug-likeness (QED) is 0.849. The Balaban J connectivity index is 2.18. The maximum atomic E-state index is 12.4. The molecule has 3 rings (SSSR count). The molecule has 4 heteroatoms. The van der Waals surface area contributed by atoms with Crippen molar-refractivity contribution in [1.82, 2.24) is 0 Å². The molecule has 0 aliphatic carbocycles. The minimum Gasteiger partial charge on any atom is -0.354 e. The van der Waals surface area contributed by atoms with Crippen LogP contribution in [0.15, 0.2) is 54.7 Å². The van der Waals surface area contributed by atoms with Gasteiger partial charge in [-0.3, -0.25) is 0 Å². The number of aromatic nitrogens is 1. The molecule has 1 N–H and O–H groups in total. The molecule has 1 aliphatic rings. The molecule has 1 aromatic heterocycles. The number of pyridine rings is 1. The highest BCUT2D eigenvalue weighted by molar-refractivity contribution is 5.77. The highest BCUT2D eigenvalue weighted by atomic mass is 16.3. The second-order valence-corrected chi connectivity index (χ2v) is 4.90. The predicted octanol–water partition coefficient (Wildman–Crippen LogP) is 2.11. The summed E-state index contributed by atoms with van der Waals surface area (Å²) in [5, 5.41) is 10.6. The summed E-state index contributed by atoms with van der Waals surface area (Å²) in [6, 6.07) is 15.2. The molecule has 1 aromatic carbocycles. The average Bonchev–Trinajstić information content (AvgIpc) is 2.49. The first-order chi connectivity index (χ1) is 9.74. The van der Waals surface area contributed by atoms with Crippen LogP contribution in [-0.4, -0.2) is 17.2 Å². The van der Waals surface area contributed by atoms with E-state index in [1.54, 1.807) is 10.8 Å². The molecule has 0 amide bonds. The van der Waals surface area contributed by atoms with Crippen molar-refractivity contribution in [2.75, 3.05) is 4.90 Å². The summed E-state index contributed by atoms with van der Waals surface area (Å²) in [7, 11) is 0. The van der Waals surface area contributed by atoms with Crippen LogP contribution in [0.5, 0.6) is 0 Å². The van der Waals surface area contributed by atoms with Crippen LogP contribution < -0.4 is 9.47 Å². The first kappa shape index (κ1) is 12.8. The SMILES string of the molecule is CCC1C(=O)[n+]2ccccc2N(c2ccccc2)C1O. The zero-order valence-corrected chi connectivity index (χ0v) is 11.3. The van der Waals surface area contributed by atoms with Crippen molar-refractivity contribution in [1.29, 1.82) is 0 Å². The van der Waals surface area contributed by atoms with Gasteiger partial charge >= 0.3 is 5.91 Å². The van der Waals surface area contributed by atoms with Crippen molar-refractivity contribution in [3.8, 4) is 0 Å². The average molecular weight is 269 g/mol. The normalized spacial score (nSPS) is 21.7. The van der Waals surface area contributed by atoms with Gasteiger partial charge in [0.1, 0.15) is 11.6 Å². The van der Waals surface area contributed by atoms with Gasteiger partial charge in [0.25, 0.3) is 5.82 Å². The number of rotatable bonds is 2. The third-order valence-corrected chi connectivity index (χ3v) is 3.74. The lowest BCUT2D eigenvalue weighted by Gasteiger charge is -2.31. The molecular formula is C16H17N2O2+. The Kier molecular flexibility index (Phi) is 3.24. The Bertz CT molecular complexity index is 627. The fraction of sp³-hybridized carbons (Fsp3) is 0.250. The van der Waals surface area contributed by atoms with Crippen LogP contribution in [0.3, 0.4) is 0 Å². The maximum Gasteiger partial charge on any atom is 0.324 e. The Labute approximate surface area is 117 Å². The van der Waals surface area contributed by atoms with Gasteiger partial charge in [0.05, 0.1) is 6.20 Å². The van der Waals surface area contributed by atoms with Gasteiger partial charge in [0.2, 0.25) is 6.23 Å². The third kappa shape index (κ3) is 1.89. The summed E-state index contributed by atoms with van der Waals surface area (Å²) in [6.45, 7) is 1.92. The fourth-order valence-corrected chi connectivity index (χ4v) is 2.70. The predicted molar refractivity (Wildman–Crippen MR) is 75.6 cm³/mol. The van der Waals surface area contributed by atoms with Crippen molar-refractivity contribution in [2.24, 2.45) is 5.92 Å². The molecule has 1 aliphatic heterocycles. The van der Waals surface area contributed by atoms with Gasteiger partial charge in [-0.1, -0.05) is 31.2 Å². The molecule has 0 fully saturated rings. The fourth-order valence-electron chi connectivity index (χ4n) is 2.70. The Morgan fingerprint density at radius 2 is 1.85 bits per heavy atom. The summed E-state index contributed by atoms with van der Waals surface area (Å²) in [5.74, 6) is 0.221. The molecule has 0 saturated carbocycles. The van der Waals surface area contributed by atoms with E-state index >= 15 is 0 Å². The second kappa shape index (κ2) is 5.06. The number of carbonyl (C=O) groups excluding carboxylic acids is 1. The van der Waals surface area contributed by atoms with Gasteiger partial charge in [-0.05, 0) is 24.6 Å². The molecule has 0 saturated heterocycles. The molecule has 2 atom stereocenters. The Morgan fingerprint density at radius 3 is 2.55 bits per heavy atom. The van der Waals surface area contributed by atoms with Crippen LogP contribution in [0.1, 0.15) is 18.1 Å². The number of carbonyl (C=O) groups is 1. The highest BCUT2D eigenvalue weighted by Crippen LogP contribution is 2.31. The number of anilines is 2. The first-order valence-electron chi connectivity index (χ1n) is 6.81. The van der Waals surface area contributed by atoms with Gasteiger partial charge in [0.15, 0.2) is 0 Å². The van der Waals surface area contributed by atoms with Gasteiger partial charge in [-0.25, -0.2) is 4.79 Å². The number of para-hydroxylation sites is 1. The van der Waals surface area contributed by atoms with Crippen molar-refractivity contribution in [2.45, 2.75) is 19.6 Å². The molecule has 2 unspecified atom stereocenters. The molecule has 2 heterocycles. The molecular weight excluding hydrogens is 252 g/mol. The van der Waals surface area contributed by atoms with Gasteiger partial charge in [-0.15, -0.1) is 0 Å². The van der Waals surface area contributed by atoms with Crippen LogP contribution in [-0.2, 0) is 0 Å². The van der Waals surface area contributed by atoms with Crippen molar-refractivity contribution < 1.29 is 14.5 Å². The van der Waals surface area contributed by atoms with E-state index in [1.807, 2.05) is 60.4 Å². The van der Waals surface area contributed by atoms with Crippen LogP contribution in [0.25, 0.3) is 0 Å². The van der Waals surface area contributed by atoms with Gasteiger partial charge in [0, 0.05) is 6.07 Å². The first-order valence-corrected chi connectivity index (χ1v) is 6.81. The maximum absolute atomic E-state index is 12.4. The molecule has 0 radical (unpaired) electrons. The lowest BCUT2D eigenvalue weighted by molar-refractivity contribution is -0.570. The molecule has 0 bridgehead atoms. The molecule has 20 heavy (non-hydrogen) atoms. The van der Waals surface area contributed by atoms with E-state index in [9.17, 15) is 9.90 Å². The van der Waals surface area contributed by atoms with Crippen LogP contribution >= 0.6 is 0 Å². The summed E-state index contributed by atoms with van der Waals surface area (Å²) in [6.07, 6.45) is 1.52. The Morgan fingerprint density at radius 1 is 1.15 bits per heavy atom. The van der Waals surface area contributed by atoms with E-state index in [0.717, 1.165) is 5.69 Å². The topological polar surface area (TPSA) is 44.4 Å². The third-order valence-electron chi connectivity index (χ3n) is 3.74. The molecule has 2 aromatic rings. The number of hydrogen-bond donors (Lipinski definition) is 1. The number of benzene rings is 1. The van der Waals surface area contributed by atoms with E-state index in [1.165, 1.54) is 0 Å². The van der Waals surface area contributed by atoms with Gasteiger partial charge < -0.3 is 5.11 Å². The largest absolute Gasteiger partial charge is 0.354 e.